The lowest BCUT2D eigenvalue weighted by Crippen LogP contribution is -2.39. The molecule has 186 valence electrons. The molecule has 1 aromatic carbocycles. The van der Waals surface area contributed by atoms with Gasteiger partial charge in [0.2, 0.25) is 5.91 Å². The molecule has 1 aliphatic rings. The van der Waals surface area contributed by atoms with Crippen LogP contribution in [-0.4, -0.2) is 63.0 Å². The van der Waals surface area contributed by atoms with Crippen molar-refractivity contribution in [3.8, 4) is 22.9 Å². The summed E-state index contributed by atoms with van der Waals surface area (Å²) < 4.78 is 13.1. The molecule has 1 amide bonds. The van der Waals surface area contributed by atoms with Crippen LogP contribution in [0.5, 0.6) is 11.5 Å². The lowest BCUT2D eigenvalue weighted by Gasteiger charge is -2.30. The summed E-state index contributed by atoms with van der Waals surface area (Å²) in [6.07, 6.45) is 1.97. The third kappa shape index (κ3) is 4.77. The number of aromatic nitrogens is 4. The highest BCUT2D eigenvalue weighted by molar-refractivity contribution is 8.00. The van der Waals surface area contributed by atoms with Gasteiger partial charge in [-0.2, -0.15) is 0 Å². The lowest BCUT2D eigenvalue weighted by molar-refractivity contribution is -0.129. The van der Waals surface area contributed by atoms with Crippen LogP contribution in [0.4, 0.5) is 0 Å². The zero-order valence-corrected chi connectivity index (χ0v) is 21.3. The maximum Gasteiger partial charge on any atom is 0.332 e. The highest BCUT2D eigenvalue weighted by Crippen LogP contribution is 2.33. The van der Waals surface area contributed by atoms with Gasteiger partial charge in [-0.1, -0.05) is 18.7 Å². The summed E-state index contributed by atoms with van der Waals surface area (Å²) >= 11 is 1.19. The van der Waals surface area contributed by atoms with Gasteiger partial charge in [0.05, 0.1) is 20.0 Å². The quantitative estimate of drug-likeness (QED) is 0.375. The largest absolute Gasteiger partial charge is 0.493 e. The van der Waals surface area contributed by atoms with E-state index in [4.69, 9.17) is 9.47 Å². The van der Waals surface area contributed by atoms with Crippen molar-refractivity contribution in [1.29, 1.82) is 0 Å². The second-order valence-electron chi connectivity index (χ2n) is 8.68. The van der Waals surface area contributed by atoms with Crippen molar-refractivity contribution < 1.29 is 14.3 Å². The Labute approximate surface area is 206 Å². The number of hydrogen-bond donors (Lipinski definition) is 0. The van der Waals surface area contributed by atoms with E-state index < -0.39 is 11.2 Å². The first-order chi connectivity index (χ1) is 16.7. The summed E-state index contributed by atoms with van der Waals surface area (Å²) in [4.78, 5) is 49.6. The number of hydrogen-bond acceptors (Lipinski definition) is 8. The summed E-state index contributed by atoms with van der Waals surface area (Å²) in [5.74, 6) is 2.11. The number of likely N-dealkylation sites (tertiary alicyclic amines) is 1. The fraction of sp³-hybridized carbons (Fsp3) is 0.458. The van der Waals surface area contributed by atoms with E-state index in [1.807, 2.05) is 4.90 Å². The number of carbonyl (C=O) groups is 1. The van der Waals surface area contributed by atoms with Gasteiger partial charge in [0, 0.05) is 32.7 Å². The number of rotatable bonds is 6. The molecule has 2 aromatic heterocycles. The van der Waals surface area contributed by atoms with Crippen molar-refractivity contribution in [2.24, 2.45) is 20.0 Å². The summed E-state index contributed by atoms with van der Waals surface area (Å²) in [5.41, 5.74) is -0.159. The SMILES string of the molecule is COc1ccc(-c2nc(SCC(=O)N3CCC(C)CC3)c3c(=O)n(C)c(=O)n(C)c3n2)cc1OC. The van der Waals surface area contributed by atoms with Gasteiger partial charge in [0.25, 0.3) is 5.56 Å². The van der Waals surface area contributed by atoms with Crippen molar-refractivity contribution in [2.45, 2.75) is 24.8 Å². The van der Waals surface area contributed by atoms with Crippen molar-refractivity contribution in [3.63, 3.8) is 0 Å². The Hall–Kier alpha value is -3.34. The number of nitrogens with zero attached hydrogens (tertiary/aromatic N) is 5. The van der Waals surface area contributed by atoms with E-state index in [-0.39, 0.29) is 22.7 Å². The number of aryl methyl sites for hydroxylation is 1. The maximum absolute atomic E-state index is 13.1. The number of thioether (sulfide) groups is 1. The molecule has 4 rings (SSSR count). The zero-order chi connectivity index (χ0) is 25.3. The van der Waals surface area contributed by atoms with Crippen LogP contribution >= 0.6 is 11.8 Å². The minimum atomic E-state index is -0.497. The average molecular weight is 500 g/mol. The number of ether oxygens (including phenoxy) is 2. The highest BCUT2D eigenvalue weighted by Gasteiger charge is 2.23. The third-order valence-electron chi connectivity index (χ3n) is 6.38. The monoisotopic (exact) mass is 499 g/mol. The number of piperidine rings is 1. The predicted molar refractivity (Wildman–Crippen MR) is 134 cm³/mol. The molecule has 3 aromatic rings. The van der Waals surface area contributed by atoms with Crippen LogP contribution in [0.25, 0.3) is 22.4 Å². The van der Waals surface area contributed by atoms with E-state index in [0.29, 0.717) is 33.8 Å². The Morgan fingerprint density at radius 1 is 1.06 bits per heavy atom. The second kappa shape index (κ2) is 10.1. The first-order valence-corrected chi connectivity index (χ1v) is 12.3. The minimum Gasteiger partial charge on any atom is -0.493 e. The predicted octanol–water partition coefficient (Wildman–Crippen LogP) is 2.06. The van der Waals surface area contributed by atoms with Crippen molar-refractivity contribution >= 4 is 28.7 Å². The first-order valence-electron chi connectivity index (χ1n) is 11.4. The van der Waals surface area contributed by atoms with Crippen LogP contribution in [-0.2, 0) is 18.9 Å². The number of benzene rings is 1. The molecule has 10 nitrogen and oxygen atoms in total. The molecule has 0 bridgehead atoms. The van der Waals surface area contributed by atoms with Gasteiger partial charge in [-0.15, -0.1) is 0 Å². The molecule has 0 spiro atoms. The molecule has 1 fully saturated rings. The molecule has 0 saturated carbocycles. The fourth-order valence-corrected chi connectivity index (χ4v) is 5.03. The van der Waals surface area contributed by atoms with Gasteiger partial charge in [-0.05, 0) is 37.0 Å². The summed E-state index contributed by atoms with van der Waals surface area (Å²) in [5, 5.41) is 0.568. The first kappa shape index (κ1) is 24.8. The molecular formula is C24H29N5O5S. The van der Waals surface area contributed by atoms with Crippen LogP contribution in [0.15, 0.2) is 32.8 Å². The van der Waals surface area contributed by atoms with Crippen LogP contribution in [0, 0.1) is 5.92 Å². The van der Waals surface area contributed by atoms with E-state index >= 15 is 0 Å². The topological polar surface area (TPSA) is 109 Å². The third-order valence-corrected chi connectivity index (χ3v) is 7.34. The van der Waals surface area contributed by atoms with Crippen LogP contribution in [0.3, 0.4) is 0 Å². The van der Waals surface area contributed by atoms with Crippen molar-refractivity contribution in [2.75, 3.05) is 33.1 Å². The molecule has 0 atom stereocenters. The zero-order valence-electron chi connectivity index (χ0n) is 20.5. The number of fused-ring (bicyclic) bond motifs is 1. The van der Waals surface area contributed by atoms with Gasteiger partial charge >= 0.3 is 5.69 Å². The molecule has 0 radical (unpaired) electrons. The van der Waals surface area contributed by atoms with E-state index in [2.05, 4.69) is 16.9 Å². The van der Waals surface area contributed by atoms with Gasteiger partial charge in [-0.3, -0.25) is 18.7 Å². The normalized spacial score (nSPS) is 14.4. The van der Waals surface area contributed by atoms with E-state index in [1.54, 1.807) is 32.4 Å². The minimum absolute atomic E-state index is 0.00275. The molecule has 1 aliphatic heterocycles. The Balaban J connectivity index is 1.80. The standard InChI is InChI=1S/C24H29N5O5S/c1-14-8-10-29(11-9-14)18(30)13-35-22-19-21(27(2)24(32)28(3)23(19)31)25-20(26-22)15-6-7-16(33-4)17(12-15)34-5/h6-7,12,14H,8-11,13H2,1-5H3. The highest BCUT2D eigenvalue weighted by atomic mass is 32.2. The Morgan fingerprint density at radius 2 is 1.74 bits per heavy atom. The van der Waals surface area contributed by atoms with Crippen LogP contribution < -0.4 is 20.7 Å². The van der Waals surface area contributed by atoms with Gasteiger partial charge < -0.3 is 14.4 Å². The molecular weight excluding hydrogens is 470 g/mol. The summed E-state index contributed by atoms with van der Waals surface area (Å²) in [7, 11) is 6.06. The molecule has 0 unspecified atom stereocenters. The Kier molecular flexibility index (Phi) is 7.15. The smallest absolute Gasteiger partial charge is 0.332 e. The van der Waals surface area contributed by atoms with Crippen LogP contribution in [0.2, 0.25) is 0 Å². The van der Waals surface area contributed by atoms with Gasteiger partial charge in [0.1, 0.15) is 10.4 Å². The van der Waals surface area contributed by atoms with E-state index in [1.165, 1.54) is 30.5 Å². The molecule has 1 saturated heterocycles. The van der Waals surface area contributed by atoms with Crippen molar-refractivity contribution in [1.82, 2.24) is 24.0 Å². The Morgan fingerprint density at radius 3 is 2.40 bits per heavy atom. The van der Waals surface area contributed by atoms with Crippen molar-refractivity contribution in [3.05, 3.63) is 39.0 Å². The average Bonchev–Trinajstić information content (AvgIpc) is 2.88. The molecule has 0 N–H and O–H groups in total. The van der Waals surface area contributed by atoms with Gasteiger partial charge in [-0.25, -0.2) is 14.8 Å². The number of carbonyl (C=O) groups excluding carboxylic acids is 1. The molecule has 3 heterocycles. The molecule has 35 heavy (non-hydrogen) atoms. The van der Waals surface area contributed by atoms with Gasteiger partial charge in [0.15, 0.2) is 23.0 Å². The van der Waals surface area contributed by atoms with E-state index in [9.17, 15) is 14.4 Å². The molecule has 0 aliphatic carbocycles. The lowest BCUT2D eigenvalue weighted by atomic mass is 9.99. The molecule has 11 heteroatoms. The second-order valence-corrected chi connectivity index (χ2v) is 9.64. The maximum atomic E-state index is 13.1. The Bertz CT molecular complexity index is 1390. The van der Waals surface area contributed by atoms with E-state index in [0.717, 1.165) is 30.5 Å². The van der Waals surface area contributed by atoms with Crippen LogP contribution in [0.1, 0.15) is 19.8 Å². The summed E-state index contributed by atoms with van der Waals surface area (Å²) in [6.45, 7) is 3.66. The number of methoxy groups -OCH3 is 2. The summed E-state index contributed by atoms with van der Waals surface area (Å²) in [6, 6.07) is 5.24. The fourth-order valence-electron chi connectivity index (χ4n) is 4.12. The number of amides is 1.